The molecule has 258 valence electrons. The lowest BCUT2D eigenvalue weighted by Crippen LogP contribution is -2.56. The van der Waals surface area contributed by atoms with Crippen molar-refractivity contribution in [3.63, 3.8) is 0 Å². The SMILES string of the molecule is CCC(=O)OC1CC(=O)OC(CC)C(C)C2OC2(C)C=CC(O)C(C)CC(CC=O)C(OC2OC(C)CC(N(C)C)C2O)C1C. The molecule has 0 saturated carbocycles. The molecule has 45 heavy (non-hydrogen) atoms. The molecule has 0 aliphatic carbocycles. The maximum Gasteiger partial charge on any atom is 0.309 e. The van der Waals surface area contributed by atoms with Crippen molar-refractivity contribution in [3.8, 4) is 0 Å². The van der Waals surface area contributed by atoms with Crippen LogP contribution in [0.15, 0.2) is 12.2 Å². The van der Waals surface area contributed by atoms with E-state index in [2.05, 4.69) is 0 Å². The van der Waals surface area contributed by atoms with E-state index in [4.69, 9.17) is 23.7 Å². The molecule has 14 unspecified atom stereocenters. The number of aliphatic hydroxyl groups excluding tert-OH is 2. The zero-order valence-electron chi connectivity index (χ0n) is 28.6. The number of nitrogens with zero attached hydrogens (tertiary/aromatic N) is 1. The van der Waals surface area contributed by atoms with E-state index in [0.717, 1.165) is 6.29 Å². The summed E-state index contributed by atoms with van der Waals surface area (Å²) in [6.07, 6.45) is 0.527. The molecule has 0 amide bonds. The zero-order chi connectivity index (χ0) is 33.6. The first-order valence-corrected chi connectivity index (χ1v) is 16.7. The lowest BCUT2D eigenvalue weighted by atomic mass is 9.79. The predicted octanol–water partition coefficient (Wildman–Crippen LogP) is 3.42. The quantitative estimate of drug-likeness (QED) is 0.174. The molecule has 2 fully saturated rings. The fourth-order valence-corrected chi connectivity index (χ4v) is 7.00. The minimum absolute atomic E-state index is 0.0858. The Labute approximate surface area is 268 Å². The Morgan fingerprint density at radius 2 is 1.82 bits per heavy atom. The summed E-state index contributed by atoms with van der Waals surface area (Å²) in [4.78, 5) is 40.1. The number of hydrogen-bond donors (Lipinski definition) is 2. The van der Waals surface area contributed by atoms with Crippen LogP contribution < -0.4 is 0 Å². The number of hydrogen-bond acceptors (Lipinski definition) is 11. The van der Waals surface area contributed by atoms with Crippen LogP contribution in [0, 0.1) is 23.7 Å². The van der Waals surface area contributed by atoms with Crippen molar-refractivity contribution < 1.29 is 48.3 Å². The first-order chi connectivity index (χ1) is 21.1. The molecule has 3 aliphatic heterocycles. The summed E-state index contributed by atoms with van der Waals surface area (Å²) in [5, 5.41) is 22.5. The lowest BCUT2D eigenvalue weighted by molar-refractivity contribution is -0.283. The largest absolute Gasteiger partial charge is 0.462 e. The van der Waals surface area contributed by atoms with Crippen LogP contribution in [0.3, 0.4) is 0 Å². The van der Waals surface area contributed by atoms with E-state index < -0.39 is 66.2 Å². The maximum absolute atomic E-state index is 13.5. The average Bonchev–Trinajstić information content (AvgIpc) is 3.67. The normalized spacial score (nSPS) is 43.3. The molecule has 3 rings (SSSR count). The molecule has 0 spiro atoms. The average molecular weight is 640 g/mol. The molecular weight excluding hydrogens is 582 g/mol. The van der Waals surface area contributed by atoms with Crippen LogP contribution in [0.25, 0.3) is 0 Å². The van der Waals surface area contributed by atoms with E-state index in [1.807, 2.05) is 66.6 Å². The molecule has 11 heteroatoms. The van der Waals surface area contributed by atoms with Crippen molar-refractivity contribution in [3.05, 3.63) is 12.2 Å². The van der Waals surface area contributed by atoms with Gasteiger partial charge in [-0.05, 0) is 59.0 Å². The van der Waals surface area contributed by atoms with Crippen LogP contribution in [0.5, 0.6) is 0 Å². The van der Waals surface area contributed by atoms with Gasteiger partial charge in [0.15, 0.2) is 6.29 Å². The number of fused-ring (bicyclic) bond motifs is 1. The molecule has 0 aromatic carbocycles. The Morgan fingerprint density at radius 3 is 2.42 bits per heavy atom. The van der Waals surface area contributed by atoms with Gasteiger partial charge in [0.05, 0.1) is 30.8 Å². The van der Waals surface area contributed by atoms with Crippen LogP contribution in [-0.4, -0.2) is 108 Å². The fraction of sp³-hybridized carbons (Fsp3) is 0.853. The molecule has 3 heterocycles. The van der Waals surface area contributed by atoms with Crippen molar-refractivity contribution in [1.82, 2.24) is 4.90 Å². The molecule has 0 aromatic heterocycles. The van der Waals surface area contributed by atoms with Crippen molar-refractivity contribution in [2.24, 2.45) is 23.7 Å². The summed E-state index contributed by atoms with van der Waals surface area (Å²) in [6.45, 7) is 13.2. The molecule has 11 nitrogen and oxygen atoms in total. The van der Waals surface area contributed by atoms with E-state index in [1.165, 1.54) is 0 Å². The second-order valence-electron chi connectivity index (χ2n) is 13.9. The van der Waals surface area contributed by atoms with Gasteiger partial charge in [-0.15, -0.1) is 0 Å². The van der Waals surface area contributed by atoms with E-state index in [9.17, 15) is 24.6 Å². The highest BCUT2D eigenvalue weighted by molar-refractivity contribution is 5.72. The third kappa shape index (κ3) is 9.58. The summed E-state index contributed by atoms with van der Waals surface area (Å²) in [5.41, 5.74) is -0.604. The maximum atomic E-state index is 13.5. The summed E-state index contributed by atoms with van der Waals surface area (Å²) < 4.78 is 30.6. The summed E-state index contributed by atoms with van der Waals surface area (Å²) >= 11 is 0. The first-order valence-electron chi connectivity index (χ1n) is 16.7. The van der Waals surface area contributed by atoms with Crippen LogP contribution >= 0.6 is 0 Å². The Morgan fingerprint density at radius 1 is 1.13 bits per heavy atom. The number of likely N-dealkylation sites (N-methyl/N-ethyl adjacent to an activating group) is 1. The van der Waals surface area contributed by atoms with Gasteiger partial charge in [0, 0.05) is 30.7 Å². The number of cyclic esters (lactones) is 1. The first kappa shape index (κ1) is 37.6. The van der Waals surface area contributed by atoms with Crippen molar-refractivity contribution in [1.29, 1.82) is 0 Å². The van der Waals surface area contributed by atoms with Gasteiger partial charge in [0.2, 0.25) is 0 Å². The molecule has 0 bridgehead atoms. The molecular formula is C34H57NO10. The van der Waals surface area contributed by atoms with Gasteiger partial charge in [0.1, 0.15) is 30.2 Å². The van der Waals surface area contributed by atoms with Gasteiger partial charge in [0.25, 0.3) is 0 Å². The number of aliphatic hydroxyl groups is 2. The van der Waals surface area contributed by atoms with E-state index in [0.29, 0.717) is 19.3 Å². The van der Waals surface area contributed by atoms with Gasteiger partial charge in [-0.1, -0.05) is 46.8 Å². The number of rotatable bonds is 8. The van der Waals surface area contributed by atoms with E-state index >= 15 is 0 Å². The number of carbonyl (C=O) groups excluding carboxylic acids is 3. The Balaban J connectivity index is 2.06. The number of esters is 2. The summed E-state index contributed by atoms with van der Waals surface area (Å²) in [7, 11) is 3.77. The number of epoxide rings is 1. The second kappa shape index (κ2) is 16.3. The summed E-state index contributed by atoms with van der Waals surface area (Å²) in [6, 6.07) is -0.234. The number of carbonyl (C=O) groups is 3. The van der Waals surface area contributed by atoms with Crippen molar-refractivity contribution in [2.45, 2.75) is 148 Å². The number of ether oxygens (including phenoxy) is 5. The van der Waals surface area contributed by atoms with Crippen LogP contribution in [0.4, 0.5) is 0 Å². The molecule has 0 aromatic rings. The monoisotopic (exact) mass is 639 g/mol. The smallest absolute Gasteiger partial charge is 0.309 e. The Bertz CT molecular complexity index is 1020. The highest BCUT2D eigenvalue weighted by atomic mass is 16.7. The number of aldehydes is 1. The molecule has 14 atom stereocenters. The standard InChI is InChI=1S/C34H57NO10/c1-10-26-22(6)32-34(7,45-32)14-12-25(37)19(3)16-23(13-15-36)31(21(5)27(18-29(39)42-26)43-28(38)11-2)44-33-30(40)24(35(8)9)17-20(4)41-33/h12,14-15,19-27,30-33,37,40H,10-11,13,16-18H2,1-9H3. The second-order valence-corrected chi connectivity index (χ2v) is 13.9. The minimum Gasteiger partial charge on any atom is -0.462 e. The Kier molecular flexibility index (Phi) is 13.6. The van der Waals surface area contributed by atoms with Gasteiger partial charge in [-0.25, -0.2) is 0 Å². The molecule has 3 aliphatic rings. The molecule has 2 N–H and O–H groups in total. The van der Waals surface area contributed by atoms with E-state index in [-0.39, 0.29) is 49.3 Å². The van der Waals surface area contributed by atoms with E-state index in [1.54, 1.807) is 13.0 Å². The third-order valence-corrected chi connectivity index (χ3v) is 9.99. The fourth-order valence-electron chi connectivity index (χ4n) is 7.00. The van der Waals surface area contributed by atoms with Crippen LogP contribution in [0.1, 0.15) is 87.0 Å². The van der Waals surface area contributed by atoms with Crippen molar-refractivity contribution in [2.75, 3.05) is 14.1 Å². The zero-order valence-corrected chi connectivity index (χ0v) is 28.6. The summed E-state index contributed by atoms with van der Waals surface area (Å²) in [5.74, 6) is -2.46. The molecule has 0 radical (unpaired) electrons. The van der Waals surface area contributed by atoms with Gasteiger partial charge >= 0.3 is 11.9 Å². The minimum atomic E-state index is -1.03. The molecule has 2 saturated heterocycles. The van der Waals surface area contributed by atoms with Crippen LogP contribution in [0.2, 0.25) is 0 Å². The lowest BCUT2D eigenvalue weighted by Gasteiger charge is -2.44. The van der Waals surface area contributed by atoms with Crippen molar-refractivity contribution >= 4 is 18.2 Å². The topological polar surface area (TPSA) is 144 Å². The predicted molar refractivity (Wildman–Crippen MR) is 167 cm³/mol. The van der Waals surface area contributed by atoms with Gasteiger partial charge < -0.3 is 43.6 Å². The Hall–Kier alpha value is -1.89. The third-order valence-electron chi connectivity index (χ3n) is 9.99. The van der Waals surface area contributed by atoms with Gasteiger partial charge in [-0.3, -0.25) is 9.59 Å². The highest BCUT2D eigenvalue weighted by Gasteiger charge is 2.55. The highest BCUT2D eigenvalue weighted by Crippen LogP contribution is 2.45. The van der Waals surface area contributed by atoms with Gasteiger partial charge in [-0.2, -0.15) is 0 Å². The van der Waals surface area contributed by atoms with Crippen LogP contribution in [-0.2, 0) is 38.1 Å².